The molecule has 0 aliphatic heterocycles. The van der Waals surface area contributed by atoms with Crippen LogP contribution in [0, 0.1) is 5.92 Å². The Kier molecular flexibility index (Phi) is 3.81. The number of fused-ring (bicyclic) bond motifs is 1. The number of Topliss-reactive ketones (excluding diaryl/α,β-unsaturated/α-hetero) is 1. The van der Waals surface area contributed by atoms with E-state index in [1.807, 2.05) is 12.1 Å². The lowest BCUT2D eigenvalue weighted by molar-refractivity contribution is -0.121. The van der Waals surface area contributed by atoms with Gasteiger partial charge >= 0.3 is 0 Å². The number of rotatable bonds is 3. The first-order chi connectivity index (χ1) is 8.60. The molecule has 1 aliphatic carbocycles. The van der Waals surface area contributed by atoms with Crippen LogP contribution in [0.5, 0.6) is 11.5 Å². The molecule has 98 valence electrons. The number of methoxy groups -OCH3 is 2. The predicted octanol–water partition coefficient (Wildman–Crippen LogP) is 3.14. The molecule has 2 atom stereocenters. The van der Waals surface area contributed by atoms with Crippen LogP contribution in [-0.2, 0) is 11.2 Å². The van der Waals surface area contributed by atoms with Crippen LogP contribution in [0.3, 0.4) is 0 Å². The van der Waals surface area contributed by atoms with Crippen molar-refractivity contribution < 1.29 is 14.3 Å². The highest BCUT2D eigenvalue weighted by Crippen LogP contribution is 2.47. The topological polar surface area (TPSA) is 35.5 Å². The van der Waals surface area contributed by atoms with E-state index in [1.54, 1.807) is 21.1 Å². The minimum atomic E-state index is -0.337. The average molecular weight is 269 g/mol. The highest BCUT2D eigenvalue weighted by Gasteiger charge is 2.34. The molecule has 0 heterocycles. The largest absolute Gasteiger partial charge is 0.496 e. The van der Waals surface area contributed by atoms with Crippen molar-refractivity contribution in [3.63, 3.8) is 0 Å². The van der Waals surface area contributed by atoms with Crippen LogP contribution in [-0.4, -0.2) is 20.0 Å². The summed E-state index contributed by atoms with van der Waals surface area (Å²) in [6.45, 7) is 1.59. The summed E-state index contributed by atoms with van der Waals surface area (Å²) < 4.78 is 10.7. The molecule has 1 aromatic carbocycles. The van der Waals surface area contributed by atoms with E-state index in [-0.39, 0.29) is 17.1 Å². The van der Waals surface area contributed by atoms with Crippen molar-refractivity contribution in [2.24, 2.45) is 5.92 Å². The van der Waals surface area contributed by atoms with Crippen molar-refractivity contribution in [2.45, 2.75) is 25.1 Å². The van der Waals surface area contributed by atoms with Gasteiger partial charge < -0.3 is 9.47 Å². The Morgan fingerprint density at radius 2 is 1.89 bits per heavy atom. The van der Waals surface area contributed by atoms with Crippen LogP contribution in [0.15, 0.2) is 12.1 Å². The summed E-state index contributed by atoms with van der Waals surface area (Å²) in [5.74, 6) is 1.54. The Labute approximate surface area is 112 Å². The van der Waals surface area contributed by atoms with Crippen LogP contribution in [0.4, 0.5) is 0 Å². The molecule has 1 aromatic rings. The van der Waals surface area contributed by atoms with Crippen molar-refractivity contribution >= 4 is 17.4 Å². The summed E-state index contributed by atoms with van der Waals surface area (Å²) in [5.41, 5.74) is 1.97. The molecule has 0 amide bonds. The molecule has 18 heavy (non-hydrogen) atoms. The maximum Gasteiger partial charge on any atom is 0.134 e. The molecule has 0 aromatic heterocycles. The van der Waals surface area contributed by atoms with Gasteiger partial charge in [0.15, 0.2) is 0 Å². The molecule has 3 nitrogen and oxygen atoms in total. The molecule has 2 rings (SSSR count). The lowest BCUT2D eigenvalue weighted by atomic mass is 9.80. The molecular formula is C14H17ClO3. The third-order valence-electron chi connectivity index (χ3n) is 3.57. The Morgan fingerprint density at radius 1 is 1.28 bits per heavy atom. The second-order valence-electron chi connectivity index (χ2n) is 4.52. The van der Waals surface area contributed by atoms with E-state index in [2.05, 4.69) is 0 Å². The number of benzene rings is 1. The van der Waals surface area contributed by atoms with Gasteiger partial charge in [-0.05, 0) is 31.9 Å². The molecule has 1 aliphatic rings. The summed E-state index contributed by atoms with van der Waals surface area (Å²) in [4.78, 5) is 11.6. The van der Waals surface area contributed by atoms with E-state index >= 15 is 0 Å². The van der Waals surface area contributed by atoms with Crippen molar-refractivity contribution in [1.29, 1.82) is 0 Å². The number of carbonyl (C=O) groups is 1. The standard InChI is InChI=1S/C14H17ClO3/c1-8(16)9-4-5-10-11(17-2)6-7-12(18-3)13(10)14(9)15/h6-7,9,14H,4-5H2,1-3H3/t9?,14-/m0/s1. The van der Waals surface area contributed by atoms with Crippen LogP contribution in [0.25, 0.3) is 0 Å². The zero-order chi connectivity index (χ0) is 13.3. The fourth-order valence-electron chi connectivity index (χ4n) is 2.61. The normalized spacial score (nSPS) is 22.2. The van der Waals surface area contributed by atoms with E-state index in [9.17, 15) is 4.79 Å². The first-order valence-electron chi connectivity index (χ1n) is 5.98. The summed E-state index contributed by atoms with van der Waals surface area (Å²) in [5, 5.41) is -0.337. The summed E-state index contributed by atoms with van der Waals surface area (Å²) >= 11 is 6.46. The molecule has 0 saturated carbocycles. The maximum absolute atomic E-state index is 11.6. The summed E-state index contributed by atoms with van der Waals surface area (Å²) in [6.07, 6.45) is 1.56. The Hall–Kier alpha value is -1.22. The number of halogens is 1. The highest BCUT2D eigenvalue weighted by molar-refractivity contribution is 6.22. The van der Waals surface area contributed by atoms with Crippen molar-refractivity contribution in [2.75, 3.05) is 14.2 Å². The van der Waals surface area contributed by atoms with Crippen LogP contribution in [0.1, 0.15) is 29.8 Å². The molecule has 1 unspecified atom stereocenters. The fourth-order valence-corrected chi connectivity index (χ4v) is 3.15. The molecule has 0 fully saturated rings. The third kappa shape index (κ3) is 2.07. The van der Waals surface area contributed by atoms with Gasteiger partial charge in [0.2, 0.25) is 0 Å². The third-order valence-corrected chi connectivity index (χ3v) is 4.09. The van der Waals surface area contributed by atoms with Gasteiger partial charge in [0.1, 0.15) is 17.3 Å². The van der Waals surface area contributed by atoms with Gasteiger partial charge in [0, 0.05) is 17.0 Å². The van der Waals surface area contributed by atoms with Gasteiger partial charge in [-0.25, -0.2) is 0 Å². The van der Waals surface area contributed by atoms with Crippen LogP contribution < -0.4 is 9.47 Å². The molecular weight excluding hydrogens is 252 g/mol. The van der Waals surface area contributed by atoms with Crippen molar-refractivity contribution in [1.82, 2.24) is 0 Å². The van der Waals surface area contributed by atoms with Crippen LogP contribution >= 0.6 is 11.6 Å². The van der Waals surface area contributed by atoms with Crippen molar-refractivity contribution in [3.8, 4) is 11.5 Å². The van der Waals surface area contributed by atoms with E-state index < -0.39 is 0 Å². The molecule has 0 saturated heterocycles. The SMILES string of the molecule is COc1ccc(OC)c2c1CCC(C(C)=O)[C@@H]2Cl. The van der Waals surface area contributed by atoms with Gasteiger partial charge in [-0.3, -0.25) is 4.79 Å². The lowest BCUT2D eigenvalue weighted by Crippen LogP contribution is -2.24. The van der Waals surface area contributed by atoms with E-state index in [0.717, 1.165) is 35.5 Å². The molecule has 0 spiro atoms. The monoisotopic (exact) mass is 268 g/mol. The van der Waals surface area contributed by atoms with Gasteiger partial charge in [-0.15, -0.1) is 11.6 Å². The maximum atomic E-state index is 11.6. The summed E-state index contributed by atoms with van der Waals surface area (Å²) in [6, 6.07) is 3.73. The van der Waals surface area contributed by atoms with Crippen molar-refractivity contribution in [3.05, 3.63) is 23.3 Å². The quantitative estimate of drug-likeness (QED) is 0.790. The van der Waals surface area contributed by atoms with Gasteiger partial charge in [0.25, 0.3) is 0 Å². The van der Waals surface area contributed by atoms with Gasteiger partial charge in [-0.1, -0.05) is 0 Å². The molecule has 0 radical (unpaired) electrons. The molecule has 4 heteroatoms. The first-order valence-corrected chi connectivity index (χ1v) is 6.42. The average Bonchev–Trinajstić information content (AvgIpc) is 2.37. The van der Waals surface area contributed by atoms with E-state index in [4.69, 9.17) is 21.1 Å². The van der Waals surface area contributed by atoms with Crippen LogP contribution in [0.2, 0.25) is 0 Å². The first kappa shape index (κ1) is 13.2. The number of hydrogen-bond acceptors (Lipinski definition) is 3. The number of ether oxygens (including phenoxy) is 2. The Balaban J connectivity index is 2.54. The van der Waals surface area contributed by atoms with E-state index in [1.165, 1.54) is 0 Å². The number of alkyl halides is 1. The molecule has 0 N–H and O–H groups in total. The lowest BCUT2D eigenvalue weighted by Gasteiger charge is -2.30. The second kappa shape index (κ2) is 5.19. The number of hydrogen-bond donors (Lipinski definition) is 0. The fraction of sp³-hybridized carbons (Fsp3) is 0.500. The molecule has 0 bridgehead atoms. The van der Waals surface area contributed by atoms with Gasteiger partial charge in [0.05, 0.1) is 19.6 Å². The zero-order valence-electron chi connectivity index (χ0n) is 10.8. The summed E-state index contributed by atoms with van der Waals surface area (Å²) in [7, 11) is 3.26. The van der Waals surface area contributed by atoms with E-state index in [0.29, 0.717) is 0 Å². The number of carbonyl (C=O) groups excluding carboxylic acids is 1. The Morgan fingerprint density at radius 3 is 2.44 bits per heavy atom. The highest BCUT2D eigenvalue weighted by atomic mass is 35.5. The van der Waals surface area contributed by atoms with Gasteiger partial charge in [-0.2, -0.15) is 0 Å². The predicted molar refractivity (Wildman–Crippen MR) is 70.6 cm³/mol. The minimum absolute atomic E-state index is 0.130. The smallest absolute Gasteiger partial charge is 0.134 e. The minimum Gasteiger partial charge on any atom is -0.496 e. The second-order valence-corrected chi connectivity index (χ2v) is 4.99. The zero-order valence-corrected chi connectivity index (χ0v) is 11.6. The Bertz CT molecular complexity index is 470. The number of ketones is 1.